The van der Waals surface area contributed by atoms with Crippen LogP contribution in [0.4, 0.5) is 0 Å². The lowest BCUT2D eigenvalue weighted by Gasteiger charge is -2.20. The summed E-state index contributed by atoms with van der Waals surface area (Å²) in [5, 5.41) is 22.0. The summed E-state index contributed by atoms with van der Waals surface area (Å²) in [5.74, 6) is 0.556. The Balaban J connectivity index is 1.59. The summed E-state index contributed by atoms with van der Waals surface area (Å²) in [7, 11) is 1.98. The van der Waals surface area contributed by atoms with Crippen LogP contribution in [0.1, 0.15) is 5.56 Å². The molecular formula is C17H20N6O. The van der Waals surface area contributed by atoms with Crippen molar-refractivity contribution in [3.63, 3.8) is 0 Å². The van der Waals surface area contributed by atoms with Crippen LogP contribution in [-0.2, 0) is 13.1 Å². The third kappa shape index (κ3) is 4.21. The van der Waals surface area contributed by atoms with Gasteiger partial charge in [0.05, 0.1) is 12.6 Å². The van der Waals surface area contributed by atoms with Gasteiger partial charge in [-0.25, -0.2) is 4.68 Å². The van der Waals surface area contributed by atoms with Crippen LogP contribution < -0.4 is 0 Å². The smallest absolute Gasteiger partial charge is 0.200 e. The van der Waals surface area contributed by atoms with Gasteiger partial charge in [0.1, 0.15) is 5.69 Å². The molecule has 1 N–H and O–H groups in total. The molecule has 0 fully saturated rings. The van der Waals surface area contributed by atoms with Crippen LogP contribution in [0.15, 0.2) is 54.7 Å². The third-order valence-electron chi connectivity index (χ3n) is 3.63. The second-order valence-electron chi connectivity index (χ2n) is 5.74. The number of aromatic nitrogens is 5. The van der Waals surface area contributed by atoms with E-state index < -0.39 is 6.10 Å². The maximum absolute atomic E-state index is 10.4. The van der Waals surface area contributed by atoms with Crippen molar-refractivity contribution in [3.8, 4) is 11.5 Å². The van der Waals surface area contributed by atoms with Crippen LogP contribution in [0.25, 0.3) is 11.5 Å². The van der Waals surface area contributed by atoms with E-state index in [4.69, 9.17) is 0 Å². The molecule has 0 spiro atoms. The highest BCUT2D eigenvalue weighted by molar-refractivity contribution is 5.47. The average molecular weight is 324 g/mol. The Morgan fingerprint density at radius 1 is 1.12 bits per heavy atom. The zero-order chi connectivity index (χ0) is 16.8. The quantitative estimate of drug-likeness (QED) is 0.704. The third-order valence-corrected chi connectivity index (χ3v) is 3.63. The van der Waals surface area contributed by atoms with Crippen molar-refractivity contribution < 1.29 is 5.11 Å². The highest BCUT2D eigenvalue weighted by Gasteiger charge is 2.15. The SMILES string of the molecule is CN(Cc1ccccc1)C[C@@H](O)Cn1nnnc1-c1ccccn1. The topological polar surface area (TPSA) is 80.0 Å². The van der Waals surface area contributed by atoms with Gasteiger partial charge in [0, 0.05) is 19.3 Å². The first-order valence-corrected chi connectivity index (χ1v) is 7.80. The van der Waals surface area contributed by atoms with E-state index in [0.717, 1.165) is 6.54 Å². The Hall–Kier alpha value is -2.64. The molecule has 0 radical (unpaired) electrons. The lowest BCUT2D eigenvalue weighted by atomic mass is 10.2. The molecule has 0 aliphatic carbocycles. The van der Waals surface area contributed by atoms with Crippen LogP contribution in [0, 0.1) is 0 Å². The molecule has 124 valence electrons. The van der Waals surface area contributed by atoms with Gasteiger partial charge in [-0.05, 0) is 35.2 Å². The van der Waals surface area contributed by atoms with E-state index in [1.54, 1.807) is 10.9 Å². The van der Waals surface area contributed by atoms with Crippen molar-refractivity contribution in [2.45, 2.75) is 19.2 Å². The number of rotatable bonds is 7. The van der Waals surface area contributed by atoms with Crippen molar-refractivity contribution in [2.24, 2.45) is 0 Å². The monoisotopic (exact) mass is 324 g/mol. The zero-order valence-corrected chi connectivity index (χ0v) is 13.5. The molecule has 3 aromatic rings. The molecule has 2 heterocycles. The number of aliphatic hydroxyl groups is 1. The molecular weight excluding hydrogens is 304 g/mol. The predicted molar refractivity (Wildman–Crippen MR) is 89.8 cm³/mol. The zero-order valence-electron chi connectivity index (χ0n) is 13.5. The van der Waals surface area contributed by atoms with Crippen molar-refractivity contribution in [1.82, 2.24) is 30.1 Å². The van der Waals surface area contributed by atoms with Gasteiger partial charge in [0.2, 0.25) is 5.82 Å². The van der Waals surface area contributed by atoms with E-state index in [9.17, 15) is 5.11 Å². The van der Waals surface area contributed by atoms with Crippen molar-refractivity contribution in [1.29, 1.82) is 0 Å². The lowest BCUT2D eigenvalue weighted by Crippen LogP contribution is -2.32. The minimum Gasteiger partial charge on any atom is -0.390 e. The van der Waals surface area contributed by atoms with Crippen LogP contribution >= 0.6 is 0 Å². The fourth-order valence-electron chi connectivity index (χ4n) is 2.58. The van der Waals surface area contributed by atoms with Gasteiger partial charge in [0.15, 0.2) is 0 Å². The molecule has 0 saturated heterocycles. The second-order valence-corrected chi connectivity index (χ2v) is 5.74. The fraction of sp³-hybridized carbons (Fsp3) is 0.294. The first-order chi connectivity index (χ1) is 11.7. The van der Waals surface area contributed by atoms with E-state index in [1.807, 2.05) is 43.4 Å². The number of hydrogen-bond donors (Lipinski definition) is 1. The molecule has 0 unspecified atom stereocenters. The number of hydrogen-bond acceptors (Lipinski definition) is 6. The summed E-state index contributed by atoms with van der Waals surface area (Å²) in [5.41, 5.74) is 1.90. The Bertz CT molecular complexity index is 746. The second kappa shape index (κ2) is 7.76. The lowest BCUT2D eigenvalue weighted by molar-refractivity contribution is 0.103. The molecule has 1 aromatic carbocycles. The summed E-state index contributed by atoms with van der Waals surface area (Å²) >= 11 is 0. The van der Waals surface area contributed by atoms with E-state index >= 15 is 0 Å². The average Bonchev–Trinajstić information content (AvgIpc) is 3.04. The van der Waals surface area contributed by atoms with Crippen molar-refractivity contribution in [3.05, 3.63) is 60.3 Å². The number of pyridine rings is 1. The minimum absolute atomic E-state index is 0.317. The summed E-state index contributed by atoms with van der Waals surface area (Å²) in [6, 6.07) is 15.7. The van der Waals surface area contributed by atoms with Gasteiger partial charge in [-0.15, -0.1) is 5.10 Å². The summed E-state index contributed by atoms with van der Waals surface area (Å²) in [6.07, 6.45) is 1.11. The highest BCUT2D eigenvalue weighted by Crippen LogP contribution is 2.12. The van der Waals surface area contributed by atoms with Gasteiger partial charge in [-0.1, -0.05) is 36.4 Å². The number of benzene rings is 1. The standard InChI is InChI=1S/C17H20N6O/c1-22(11-14-7-3-2-4-8-14)12-15(24)13-23-17(19-20-21-23)16-9-5-6-10-18-16/h2-10,15,24H,11-13H2,1H3/t15-/m1/s1. The van der Waals surface area contributed by atoms with Gasteiger partial charge in [-0.3, -0.25) is 9.88 Å². The fourth-order valence-corrected chi connectivity index (χ4v) is 2.58. The van der Waals surface area contributed by atoms with E-state index in [0.29, 0.717) is 24.6 Å². The van der Waals surface area contributed by atoms with Gasteiger partial charge >= 0.3 is 0 Å². The predicted octanol–water partition coefficient (Wildman–Crippen LogP) is 1.23. The molecule has 24 heavy (non-hydrogen) atoms. The maximum atomic E-state index is 10.4. The normalized spacial score (nSPS) is 12.5. The minimum atomic E-state index is -0.579. The number of nitrogens with zero attached hydrogens (tertiary/aromatic N) is 6. The molecule has 0 aliphatic heterocycles. The Labute approximate surface area is 140 Å². The van der Waals surface area contributed by atoms with Crippen LogP contribution in [0.2, 0.25) is 0 Å². The summed E-state index contributed by atoms with van der Waals surface area (Å²) in [6.45, 7) is 1.62. The van der Waals surface area contributed by atoms with Gasteiger partial charge < -0.3 is 5.11 Å². The molecule has 0 bridgehead atoms. The van der Waals surface area contributed by atoms with Gasteiger partial charge in [-0.2, -0.15) is 0 Å². The highest BCUT2D eigenvalue weighted by atomic mass is 16.3. The number of aliphatic hydroxyl groups excluding tert-OH is 1. The Kier molecular flexibility index (Phi) is 5.25. The molecule has 0 saturated carbocycles. The van der Waals surface area contributed by atoms with Crippen molar-refractivity contribution >= 4 is 0 Å². The molecule has 3 rings (SSSR count). The molecule has 7 nitrogen and oxygen atoms in total. The van der Waals surface area contributed by atoms with Crippen molar-refractivity contribution in [2.75, 3.05) is 13.6 Å². The Morgan fingerprint density at radius 3 is 2.67 bits per heavy atom. The maximum Gasteiger partial charge on any atom is 0.200 e. The molecule has 2 aromatic heterocycles. The molecule has 7 heteroatoms. The number of likely N-dealkylation sites (N-methyl/N-ethyl adjacent to an activating group) is 1. The summed E-state index contributed by atoms with van der Waals surface area (Å²) in [4.78, 5) is 6.32. The van der Waals surface area contributed by atoms with E-state index in [-0.39, 0.29) is 0 Å². The Morgan fingerprint density at radius 2 is 1.92 bits per heavy atom. The first kappa shape index (κ1) is 16.2. The van der Waals surface area contributed by atoms with Gasteiger partial charge in [0.25, 0.3) is 0 Å². The van der Waals surface area contributed by atoms with Crippen LogP contribution in [0.3, 0.4) is 0 Å². The first-order valence-electron chi connectivity index (χ1n) is 7.80. The molecule has 0 amide bonds. The van der Waals surface area contributed by atoms with Crippen LogP contribution in [0.5, 0.6) is 0 Å². The van der Waals surface area contributed by atoms with E-state index in [1.165, 1.54) is 5.56 Å². The van der Waals surface area contributed by atoms with E-state index in [2.05, 4.69) is 37.5 Å². The van der Waals surface area contributed by atoms with Crippen LogP contribution in [-0.4, -0.2) is 54.9 Å². The molecule has 1 atom stereocenters. The largest absolute Gasteiger partial charge is 0.390 e. The number of tetrazole rings is 1. The summed E-state index contributed by atoms with van der Waals surface area (Å²) < 4.78 is 1.59. The molecule has 0 aliphatic rings.